The van der Waals surface area contributed by atoms with E-state index in [0.29, 0.717) is 28.3 Å². The first-order valence-electron chi connectivity index (χ1n) is 11.0. The summed E-state index contributed by atoms with van der Waals surface area (Å²) in [6, 6.07) is 10.1. The second-order valence-electron chi connectivity index (χ2n) is 8.34. The van der Waals surface area contributed by atoms with E-state index in [9.17, 15) is 22.8 Å². The van der Waals surface area contributed by atoms with Gasteiger partial charge in [-0.05, 0) is 54.3 Å². The normalized spacial score (nSPS) is 17.4. The maximum Gasteiger partial charge on any atom is 0.325 e. The van der Waals surface area contributed by atoms with Crippen molar-refractivity contribution in [3.63, 3.8) is 0 Å². The zero-order valence-corrected chi connectivity index (χ0v) is 21.3. The monoisotopic (exact) mass is 521 g/mol. The lowest BCUT2D eigenvalue weighted by Crippen LogP contribution is -2.48. The van der Waals surface area contributed by atoms with Crippen LogP contribution in [-0.2, 0) is 25.8 Å². The Balaban J connectivity index is 1.80. The average molecular weight is 522 g/mol. The molecule has 0 aliphatic carbocycles. The molecule has 0 radical (unpaired) electrons. The van der Waals surface area contributed by atoms with Gasteiger partial charge in [-0.3, -0.25) is 14.5 Å². The smallest absolute Gasteiger partial charge is 0.325 e. The van der Waals surface area contributed by atoms with Crippen LogP contribution >= 0.6 is 11.6 Å². The van der Waals surface area contributed by atoms with E-state index in [-0.39, 0.29) is 17.9 Å². The first-order valence-corrected chi connectivity index (χ1v) is 13.3. The van der Waals surface area contributed by atoms with Crippen LogP contribution in [0.3, 0.4) is 0 Å². The van der Waals surface area contributed by atoms with Crippen molar-refractivity contribution in [2.45, 2.75) is 30.7 Å². The Kier molecular flexibility index (Phi) is 8.39. The fourth-order valence-corrected chi connectivity index (χ4v) is 4.75. The number of carbonyl (C=O) groups is 3. The minimum absolute atomic E-state index is 0.0707. The summed E-state index contributed by atoms with van der Waals surface area (Å²) in [6.07, 6.45) is 1.82. The molecule has 188 valence electrons. The van der Waals surface area contributed by atoms with Crippen LogP contribution in [0.15, 0.2) is 47.4 Å². The number of nitrogens with zero attached hydrogens (tertiary/aromatic N) is 1. The van der Waals surface area contributed by atoms with E-state index < -0.39 is 46.2 Å². The summed E-state index contributed by atoms with van der Waals surface area (Å²) in [6.45, 7) is 1.51. The van der Waals surface area contributed by atoms with E-state index >= 15 is 0 Å². The van der Waals surface area contributed by atoms with Crippen LogP contribution in [-0.4, -0.2) is 57.6 Å². The molecule has 2 aromatic carbocycles. The number of halogens is 1. The number of urea groups is 1. The van der Waals surface area contributed by atoms with Crippen LogP contribution in [0.5, 0.6) is 5.75 Å². The second-order valence-corrected chi connectivity index (χ2v) is 10.8. The SMILES string of the molecule is CCC(NC(=O)N1CC(=O)NCC(Cc2cc(Cl)ccc2OC)C1=O)c1ccc(S(C)(=O)=O)cc1. The van der Waals surface area contributed by atoms with Gasteiger partial charge in [-0.15, -0.1) is 0 Å². The molecule has 1 heterocycles. The van der Waals surface area contributed by atoms with Gasteiger partial charge in [-0.1, -0.05) is 30.7 Å². The predicted molar refractivity (Wildman–Crippen MR) is 131 cm³/mol. The second kappa shape index (κ2) is 11.1. The lowest BCUT2D eigenvalue weighted by Gasteiger charge is -2.25. The molecule has 35 heavy (non-hydrogen) atoms. The van der Waals surface area contributed by atoms with E-state index in [0.717, 1.165) is 11.2 Å². The van der Waals surface area contributed by atoms with Crippen molar-refractivity contribution in [1.82, 2.24) is 15.5 Å². The molecule has 1 aliphatic rings. The van der Waals surface area contributed by atoms with Gasteiger partial charge in [-0.25, -0.2) is 13.2 Å². The van der Waals surface area contributed by atoms with Crippen molar-refractivity contribution in [2.24, 2.45) is 5.92 Å². The maximum absolute atomic E-state index is 13.3. The minimum atomic E-state index is -3.35. The number of ether oxygens (including phenoxy) is 1. The number of sulfone groups is 1. The van der Waals surface area contributed by atoms with E-state index in [1.165, 1.54) is 19.2 Å². The van der Waals surface area contributed by atoms with Gasteiger partial charge in [0.05, 0.1) is 24.0 Å². The number of imide groups is 1. The molecule has 2 atom stereocenters. The third-order valence-corrected chi connectivity index (χ3v) is 7.20. The van der Waals surface area contributed by atoms with Crippen molar-refractivity contribution in [3.05, 3.63) is 58.6 Å². The standard InChI is InChI=1S/C24H28ClN3O6S/c1-4-20(15-5-8-19(9-6-15)35(3,32)33)27-24(31)28-14-22(29)26-13-17(23(28)30)11-16-12-18(25)7-10-21(16)34-2/h5-10,12,17,20H,4,11,13-14H2,1-3H3,(H,26,29)(H,27,31). The highest BCUT2D eigenvalue weighted by atomic mass is 35.5. The summed E-state index contributed by atoms with van der Waals surface area (Å²) in [5.41, 5.74) is 1.37. The van der Waals surface area contributed by atoms with Crippen LogP contribution in [0.4, 0.5) is 4.79 Å². The fourth-order valence-electron chi connectivity index (χ4n) is 3.92. The van der Waals surface area contributed by atoms with Gasteiger partial charge in [0.15, 0.2) is 9.84 Å². The predicted octanol–water partition coefficient (Wildman–Crippen LogP) is 2.73. The molecule has 2 aromatic rings. The van der Waals surface area contributed by atoms with Gasteiger partial charge >= 0.3 is 6.03 Å². The van der Waals surface area contributed by atoms with Crippen LogP contribution in [0.25, 0.3) is 0 Å². The van der Waals surface area contributed by atoms with Gasteiger partial charge in [0.2, 0.25) is 11.8 Å². The number of methoxy groups -OCH3 is 1. The Labute approximate surface area is 209 Å². The Hall–Kier alpha value is -3.11. The zero-order valence-electron chi connectivity index (χ0n) is 19.7. The molecule has 0 saturated carbocycles. The largest absolute Gasteiger partial charge is 0.496 e. The molecule has 2 unspecified atom stereocenters. The van der Waals surface area contributed by atoms with Crippen molar-refractivity contribution >= 4 is 39.3 Å². The van der Waals surface area contributed by atoms with E-state index in [4.69, 9.17) is 16.3 Å². The van der Waals surface area contributed by atoms with Crippen molar-refractivity contribution < 1.29 is 27.5 Å². The molecule has 0 aromatic heterocycles. The molecule has 2 N–H and O–H groups in total. The Morgan fingerprint density at radius 3 is 2.51 bits per heavy atom. The van der Waals surface area contributed by atoms with E-state index in [1.54, 1.807) is 30.3 Å². The lowest BCUT2D eigenvalue weighted by atomic mass is 9.97. The molecule has 1 aliphatic heterocycles. The molecule has 0 spiro atoms. The number of hydrogen-bond donors (Lipinski definition) is 2. The van der Waals surface area contributed by atoms with Crippen LogP contribution in [0.1, 0.15) is 30.5 Å². The average Bonchev–Trinajstić information content (AvgIpc) is 2.96. The number of carbonyl (C=O) groups excluding carboxylic acids is 3. The highest BCUT2D eigenvalue weighted by molar-refractivity contribution is 7.90. The highest BCUT2D eigenvalue weighted by Crippen LogP contribution is 2.27. The van der Waals surface area contributed by atoms with Crippen molar-refractivity contribution in [1.29, 1.82) is 0 Å². The van der Waals surface area contributed by atoms with E-state index in [1.807, 2.05) is 6.92 Å². The lowest BCUT2D eigenvalue weighted by molar-refractivity contribution is -0.133. The van der Waals surface area contributed by atoms with Crippen LogP contribution in [0, 0.1) is 5.92 Å². The maximum atomic E-state index is 13.3. The summed E-state index contributed by atoms with van der Waals surface area (Å²) >= 11 is 6.11. The molecule has 3 rings (SSSR count). The zero-order chi connectivity index (χ0) is 25.8. The molecule has 4 amide bonds. The number of rotatable bonds is 7. The number of amides is 4. The quantitative estimate of drug-likeness (QED) is 0.577. The van der Waals surface area contributed by atoms with Crippen molar-refractivity contribution in [2.75, 3.05) is 26.5 Å². The molecule has 0 bridgehead atoms. The third kappa shape index (κ3) is 6.52. The number of nitrogens with one attached hydrogen (secondary N) is 2. The number of hydrogen-bond acceptors (Lipinski definition) is 6. The Morgan fingerprint density at radius 2 is 1.91 bits per heavy atom. The Bertz CT molecular complexity index is 1220. The molecule has 1 fully saturated rings. The third-order valence-electron chi connectivity index (χ3n) is 5.83. The van der Waals surface area contributed by atoms with Gasteiger partial charge < -0.3 is 15.4 Å². The fraction of sp³-hybridized carbons (Fsp3) is 0.375. The van der Waals surface area contributed by atoms with Gasteiger partial charge in [0.25, 0.3) is 0 Å². The van der Waals surface area contributed by atoms with E-state index in [2.05, 4.69) is 10.6 Å². The number of benzene rings is 2. The van der Waals surface area contributed by atoms with Gasteiger partial charge in [0, 0.05) is 17.8 Å². The summed E-state index contributed by atoms with van der Waals surface area (Å²) < 4.78 is 28.8. The summed E-state index contributed by atoms with van der Waals surface area (Å²) in [7, 11) is -1.84. The minimum Gasteiger partial charge on any atom is -0.496 e. The summed E-state index contributed by atoms with van der Waals surface area (Å²) in [5, 5.41) is 5.97. The van der Waals surface area contributed by atoms with Crippen molar-refractivity contribution in [3.8, 4) is 5.75 Å². The Morgan fingerprint density at radius 1 is 1.23 bits per heavy atom. The topological polar surface area (TPSA) is 122 Å². The highest BCUT2D eigenvalue weighted by Gasteiger charge is 2.35. The molecule has 9 nitrogen and oxygen atoms in total. The first-order chi connectivity index (χ1) is 16.5. The molecular formula is C24H28ClN3O6S. The summed E-state index contributed by atoms with van der Waals surface area (Å²) in [5.74, 6) is -1.09. The first kappa shape index (κ1) is 26.5. The summed E-state index contributed by atoms with van der Waals surface area (Å²) in [4.78, 5) is 39.8. The molecule has 1 saturated heterocycles. The molecular weight excluding hydrogens is 494 g/mol. The van der Waals surface area contributed by atoms with Crippen LogP contribution in [0.2, 0.25) is 5.02 Å². The van der Waals surface area contributed by atoms with Gasteiger partial charge in [0.1, 0.15) is 12.3 Å². The van der Waals surface area contributed by atoms with Gasteiger partial charge in [-0.2, -0.15) is 0 Å². The molecule has 11 heteroatoms. The van der Waals surface area contributed by atoms with Crippen LogP contribution < -0.4 is 15.4 Å².